The molecule has 0 aliphatic heterocycles. The molecule has 0 spiro atoms. The Bertz CT molecular complexity index is 380. The van der Waals surface area contributed by atoms with Crippen LogP contribution in [0.15, 0.2) is 24.3 Å². The van der Waals surface area contributed by atoms with Crippen molar-refractivity contribution in [2.45, 2.75) is 32.7 Å². The third-order valence-corrected chi connectivity index (χ3v) is 2.68. The zero-order valence-corrected chi connectivity index (χ0v) is 11.3. The third kappa shape index (κ3) is 4.65. The number of hydrogen-bond donors (Lipinski definition) is 2. The number of hydrogen-bond acceptors (Lipinski definition) is 3. The summed E-state index contributed by atoms with van der Waals surface area (Å²) in [6.07, 6.45) is 2.09. The van der Waals surface area contributed by atoms with Crippen LogP contribution in [-0.4, -0.2) is 25.6 Å². The maximum atomic E-state index is 11.8. The van der Waals surface area contributed by atoms with Crippen LogP contribution < -0.4 is 15.4 Å². The smallest absolute Gasteiger partial charge is 0.242 e. The van der Waals surface area contributed by atoms with Crippen molar-refractivity contribution in [1.82, 2.24) is 5.32 Å². The van der Waals surface area contributed by atoms with Crippen molar-refractivity contribution in [2.24, 2.45) is 0 Å². The van der Waals surface area contributed by atoms with Gasteiger partial charge in [-0.3, -0.25) is 4.79 Å². The molecular formula is C14H22N2O2. The van der Waals surface area contributed by atoms with Gasteiger partial charge in [0.2, 0.25) is 5.91 Å². The Balaban J connectivity index is 2.47. The van der Waals surface area contributed by atoms with Gasteiger partial charge in [-0.05, 0) is 25.5 Å². The fraction of sp³-hybridized carbons (Fsp3) is 0.500. The summed E-state index contributed by atoms with van der Waals surface area (Å²) in [5.74, 6) is 0.796. The highest BCUT2D eigenvalue weighted by molar-refractivity contribution is 5.84. The van der Waals surface area contributed by atoms with Crippen LogP contribution in [-0.2, 0) is 4.79 Å². The lowest BCUT2D eigenvalue weighted by atomic mass is 10.2. The Hall–Kier alpha value is -1.71. The number of ether oxygens (including phenoxy) is 1. The van der Waals surface area contributed by atoms with Crippen LogP contribution in [0, 0.1) is 0 Å². The first-order valence-electron chi connectivity index (χ1n) is 6.35. The molecule has 1 amide bonds. The molecule has 4 nitrogen and oxygen atoms in total. The van der Waals surface area contributed by atoms with E-state index in [0.717, 1.165) is 30.8 Å². The van der Waals surface area contributed by atoms with Crippen LogP contribution in [0.5, 0.6) is 5.75 Å². The Morgan fingerprint density at radius 1 is 1.44 bits per heavy atom. The molecule has 1 unspecified atom stereocenters. The number of carbonyl (C=O) groups excluding carboxylic acids is 1. The van der Waals surface area contributed by atoms with Crippen LogP contribution in [0.2, 0.25) is 0 Å². The number of carbonyl (C=O) groups is 1. The van der Waals surface area contributed by atoms with Gasteiger partial charge in [0.05, 0.1) is 7.11 Å². The summed E-state index contributed by atoms with van der Waals surface area (Å²) in [6, 6.07) is 7.29. The first-order valence-corrected chi connectivity index (χ1v) is 6.35. The summed E-state index contributed by atoms with van der Waals surface area (Å²) in [5.41, 5.74) is 0.882. The third-order valence-electron chi connectivity index (χ3n) is 2.68. The quantitative estimate of drug-likeness (QED) is 0.731. The number of anilines is 1. The predicted octanol–water partition coefficient (Wildman–Crippen LogP) is 2.41. The molecule has 0 bridgehead atoms. The minimum atomic E-state index is -0.256. The average Bonchev–Trinajstić information content (AvgIpc) is 2.39. The summed E-state index contributed by atoms with van der Waals surface area (Å²) in [7, 11) is 1.62. The van der Waals surface area contributed by atoms with E-state index in [2.05, 4.69) is 17.6 Å². The Morgan fingerprint density at radius 2 is 2.22 bits per heavy atom. The molecule has 1 aromatic carbocycles. The van der Waals surface area contributed by atoms with Crippen molar-refractivity contribution in [3.8, 4) is 5.75 Å². The number of methoxy groups -OCH3 is 1. The van der Waals surface area contributed by atoms with E-state index in [4.69, 9.17) is 4.74 Å². The number of nitrogens with one attached hydrogen (secondary N) is 2. The molecule has 0 saturated heterocycles. The maximum Gasteiger partial charge on any atom is 0.242 e. The monoisotopic (exact) mass is 250 g/mol. The van der Waals surface area contributed by atoms with Gasteiger partial charge in [-0.2, -0.15) is 0 Å². The van der Waals surface area contributed by atoms with Crippen molar-refractivity contribution in [3.63, 3.8) is 0 Å². The normalized spacial score (nSPS) is 11.7. The zero-order valence-electron chi connectivity index (χ0n) is 11.3. The molecule has 0 heterocycles. The zero-order chi connectivity index (χ0) is 13.4. The second-order valence-corrected chi connectivity index (χ2v) is 4.24. The van der Waals surface area contributed by atoms with Crippen LogP contribution >= 0.6 is 0 Å². The van der Waals surface area contributed by atoms with Crippen LogP contribution in [0.25, 0.3) is 0 Å². The van der Waals surface area contributed by atoms with Gasteiger partial charge < -0.3 is 15.4 Å². The Labute approximate surface area is 109 Å². The fourth-order valence-corrected chi connectivity index (χ4v) is 1.57. The van der Waals surface area contributed by atoms with E-state index in [9.17, 15) is 4.79 Å². The first-order chi connectivity index (χ1) is 8.67. The molecule has 0 aliphatic rings. The SMILES string of the molecule is CCCCNC(=O)C(C)Nc1cccc(OC)c1. The molecule has 0 aromatic heterocycles. The minimum absolute atomic E-state index is 0.0197. The number of rotatable bonds is 7. The molecule has 0 aliphatic carbocycles. The van der Waals surface area contributed by atoms with Crippen LogP contribution in [0.3, 0.4) is 0 Å². The number of amides is 1. The van der Waals surface area contributed by atoms with E-state index >= 15 is 0 Å². The highest BCUT2D eigenvalue weighted by atomic mass is 16.5. The molecule has 1 aromatic rings. The summed E-state index contributed by atoms with van der Waals surface area (Å²) in [6.45, 7) is 4.68. The minimum Gasteiger partial charge on any atom is -0.497 e. The Kier molecular flexibility index (Phi) is 6.05. The van der Waals surface area contributed by atoms with E-state index in [1.165, 1.54) is 0 Å². The van der Waals surface area contributed by atoms with E-state index in [-0.39, 0.29) is 11.9 Å². The lowest BCUT2D eigenvalue weighted by molar-refractivity contribution is -0.121. The second kappa shape index (κ2) is 7.58. The molecule has 1 rings (SSSR count). The molecule has 18 heavy (non-hydrogen) atoms. The molecule has 0 radical (unpaired) electrons. The average molecular weight is 250 g/mol. The highest BCUT2D eigenvalue weighted by Gasteiger charge is 2.11. The lowest BCUT2D eigenvalue weighted by Gasteiger charge is -2.15. The summed E-state index contributed by atoms with van der Waals surface area (Å²) in [4.78, 5) is 11.8. The van der Waals surface area contributed by atoms with Crippen molar-refractivity contribution < 1.29 is 9.53 Å². The van der Waals surface area contributed by atoms with Gasteiger partial charge in [0.1, 0.15) is 11.8 Å². The van der Waals surface area contributed by atoms with Gasteiger partial charge in [-0.1, -0.05) is 19.4 Å². The van der Waals surface area contributed by atoms with Gasteiger partial charge in [0.25, 0.3) is 0 Å². The van der Waals surface area contributed by atoms with E-state index in [1.54, 1.807) is 7.11 Å². The maximum absolute atomic E-state index is 11.8. The van der Waals surface area contributed by atoms with Gasteiger partial charge in [-0.25, -0.2) is 0 Å². The molecule has 0 fully saturated rings. The second-order valence-electron chi connectivity index (χ2n) is 4.24. The lowest BCUT2D eigenvalue weighted by Crippen LogP contribution is -2.37. The van der Waals surface area contributed by atoms with E-state index in [0.29, 0.717) is 0 Å². The molecule has 4 heteroatoms. The highest BCUT2D eigenvalue weighted by Crippen LogP contribution is 2.17. The van der Waals surface area contributed by atoms with Gasteiger partial charge in [-0.15, -0.1) is 0 Å². The molecule has 2 N–H and O–H groups in total. The fourth-order valence-electron chi connectivity index (χ4n) is 1.57. The predicted molar refractivity (Wildman–Crippen MR) is 74.0 cm³/mol. The van der Waals surface area contributed by atoms with Gasteiger partial charge in [0.15, 0.2) is 0 Å². The molecular weight excluding hydrogens is 228 g/mol. The van der Waals surface area contributed by atoms with Crippen molar-refractivity contribution >= 4 is 11.6 Å². The van der Waals surface area contributed by atoms with Crippen LogP contribution in [0.1, 0.15) is 26.7 Å². The summed E-state index contributed by atoms with van der Waals surface area (Å²) < 4.78 is 5.14. The number of unbranched alkanes of at least 4 members (excludes halogenated alkanes) is 1. The van der Waals surface area contributed by atoms with Crippen molar-refractivity contribution in [2.75, 3.05) is 19.0 Å². The first kappa shape index (κ1) is 14.4. The topological polar surface area (TPSA) is 50.4 Å². The van der Waals surface area contributed by atoms with Crippen LogP contribution in [0.4, 0.5) is 5.69 Å². The van der Waals surface area contributed by atoms with Crippen molar-refractivity contribution in [1.29, 1.82) is 0 Å². The van der Waals surface area contributed by atoms with Gasteiger partial charge >= 0.3 is 0 Å². The molecule has 100 valence electrons. The van der Waals surface area contributed by atoms with E-state index < -0.39 is 0 Å². The largest absolute Gasteiger partial charge is 0.497 e. The number of benzene rings is 1. The Morgan fingerprint density at radius 3 is 2.89 bits per heavy atom. The van der Waals surface area contributed by atoms with Gasteiger partial charge in [0, 0.05) is 18.3 Å². The standard InChI is InChI=1S/C14H22N2O2/c1-4-5-9-15-14(17)11(2)16-12-7-6-8-13(10-12)18-3/h6-8,10-11,16H,4-5,9H2,1-3H3,(H,15,17). The summed E-state index contributed by atoms with van der Waals surface area (Å²) >= 11 is 0. The molecule has 0 saturated carbocycles. The van der Waals surface area contributed by atoms with Crippen molar-refractivity contribution in [3.05, 3.63) is 24.3 Å². The van der Waals surface area contributed by atoms with E-state index in [1.807, 2.05) is 31.2 Å². The molecule has 1 atom stereocenters. The summed E-state index contributed by atoms with van der Waals surface area (Å²) in [5, 5.41) is 6.05.